The van der Waals surface area contributed by atoms with E-state index in [1.165, 1.54) is 5.56 Å². The Balaban J connectivity index is 2.23. The van der Waals surface area contributed by atoms with E-state index in [9.17, 15) is 0 Å². The van der Waals surface area contributed by atoms with E-state index in [1.807, 2.05) is 0 Å². The lowest BCUT2D eigenvalue weighted by molar-refractivity contribution is 0.118. The van der Waals surface area contributed by atoms with Gasteiger partial charge in [0.15, 0.2) is 0 Å². The van der Waals surface area contributed by atoms with Crippen molar-refractivity contribution in [1.82, 2.24) is 5.32 Å². The van der Waals surface area contributed by atoms with Crippen LogP contribution in [0.15, 0.2) is 30.3 Å². The summed E-state index contributed by atoms with van der Waals surface area (Å²) in [5.74, 6) is 0.735. The molecule has 0 spiro atoms. The maximum absolute atomic E-state index is 5.68. The Labute approximate surface area is 118 Å². The molecule has 0 heterocycles. The number of nitrogens with one attached hydrogen (secondary N) is 1. The Morgan fingerprint density at radius 1 is 1.05 bits per heavy atom. The molecule has 0 radical (unpaired) electrons. The first-order chi connectivity index (χ1) is 9.24. The molecule has 1 aromatic carbocycles. The standard InChI is InChI=1S/C17H29NO/c1-4-18-17(16-9-6-5-7-10-16)11-8-13-19-14-12-15(2)3/h5-7,9-10,15,17-18H,4,8,11-14H2,1-3H3. The summed E-state index contributed by atoms with van der Waals surface area (Å²) < 4.78 is 5.68. The van der Waals surface area contributed by atoms with Gasteiger partial charge in [0.05, 0.1) is 0 Å². The molecule has 1 aromatic rings. The summed E-state index contributed by atoms with van der Waals surface area (Å²) in [5.41, 5.74) is 1.38. The summed E-state index contributed by atoms with van der Waals surface area (Å²) in [6.45, 7) is 9.42. The molecule has 0 aliphatic carbocycles. The first kappa shape index (κ1) is 16.2. The number of hydrogen-bond donors (Lipinski definition) is 1. The fourth-order valence-electron chi connectivity index (χ4n) is 2.13. The van der Waals surface area contributed by atoms with Crippen LogP contribution in [-0.4, -0.2) is 19.8 Å². The zero-order valence-electron chi connectivity index (χ0n) is 12.7. The van der Waals surface area contributed by atoms with Crippen molar-refractivity contribution < 1.29 is 4.74 Å². The van der Waals surface area contributed by atoms with E-state index < -0.39 is 0 Å². The van der Waals surface area contributed by atoms with E-state index in [-0.39, 0.29) is 0 Å². The molecule has 0 saturated carbocycles. The Hall–Kier alpha value is -0.860. The molecular weight excluding hydrogens is 234 g/mol. The monoisotopic (exact) mass is 263 g/mol. The normalized spacial score (nSPS) is 12.8. The van der Waals surface area contributed by atoms with Gasteiger partial charge >= 0.3 is 0 Å². The second-order valence-electron chi connectivity index (χ2n) is 5.46. The predicted molar refractivity (Wildman–Crippen MR) is 82.4 cm³/mol. The molecule has 1 N–H and O–H groups in total. The number of hydrogen-bond acceptors (Lipinski definition) is 2. The fourth-order valence-corrected chi connectivity index (χ4v) is 2.13. The smallest absolute Gasteiger partial charge is 0.0468 e. The Bertz CT molecular complexity index is 310. The lowest BCUT2D eigenvalue weighted by Gasteiger charge is -2.18. The summed E-state index contributed by atoms with van der Waals surface area (Å²) >= 11 is 0. The number of ether oxygens (including phenoxy) is 1. The van der Waals surface area contributed by atoms with Gasteiger partial charge in [0.1, 0.15) is 0 Å². The highest BCUT2D eigenvalue weighted by Gasteiger charge is 2.08. The molecule has 0 saturated heterocycles. The van der Waals surface area contributed by atoms with Crippen LogP contribution in [0.2, 0.25) is 0 Å². The van der Waals surface area contributed by atoms with Gasteiger partial charge in [-0.1, -0.05) is 51.1 Å². The van der Waals surface area contributed by atoms with Crippen molar-refractivity contribution >= 4 is 0 Å². The zero-order chi connectivity index (χ0) is 13.9. The van der Waals surface area contributed by atoms with Gasteiger partial charge in [-0.25, -0.2) is 0 Å². The van der Waals surface area contributed by atoms with Gasteiger partial charge in [-0.15, -0.1) is 0 Å². The van der Waals surface area contributed by atoms with Crippen molar-refractivity contribution in [1.29, 1.82) is 0 Å². The van der Waals surface area contributed by atoms with Gasteiger partial charge in [0, 0.05) is 19.3 Å². The minimum absolute atomic E-state index is 0.458. The predicted octanol–water partition coefficient (Wildman–Crippen LogP) is 4.18. The highest BCUT2D eigenvalue weighted by atomic mass is 16.5. The van der Waals surface area contributed by atoms with Crippen LogP contribution >= 0.6 is 0 Å². The molecule has 1 unspecified atom stereocenters. The largest absolute Gasteiger partial charge is 0.381 e. The van der Waals surface area contributed by atoms with Gasteiger partial charge in [-0.05, 0) is 37.3 Å². The van der Waals surface area contributed by atoms with Crippen molar-refractivity contribution in [3.05, 3.63) is 35.9 Å². The van der Waals surface area contributed by atoms with Crippen molar-refractivity contribution in [3.8, 4) is 0 Å². The first-order valence-electron chi connectivity index (χ1n) is 7.60. The average molecular weight is 263 g/mol. The molecule has 0 aromatic heterocycles. The molecule has 2 nitrogen and oxygen atoms in total. The summed E-state index contributed by atoms with van der Waals surface area (Å²) in [5, 5.41) is 3.55. The molecule has 0 aliphatic heterocycles. The second-order valence-corrected chi connectivity index (χ2v) is 5.46. The summed E-state index contributed by atoms with van der Waals surface area (Å²) in [4.78, 5) is 0. The highest BCUT2D eigenvalue weighted by molar-refractivity contribution is 5.18. The summed E-state index contributed by atoms with van der Waals surface area (Å²) in [6, 6.07) is 11.2. The van der Waals surface area contributed by atoms with Crippen LogP contribution in [0.4, 0.5) is 0 Å². The first-order valence-corrected chi connectivity index (χ1v) is 7.60. The molecular formula is C17H29NO. The van der Waals surface area contributed by atoms with E-state index in [1.54, 1.807) is 0 Å². The topological polar surface area (TPSA) is 21.3 Å². The third-order valence-electron chi connectivity index (χ3n) is 3.27. The van der Waals surface area contributed by atoms with Crippen molar-refractivity contribution in [2.24, 2.45) is 5.92 Å². The molecule has 108 valence electrons. The second kappa shape index (κ2) is 9.99. The van der Waals surface area contributed by atoms with Gasteiger partial charge < -0.3 is 10.1 Å². The zero-order valence-corrected chi connectivity index (χ0v) is 12.7. The van der Waals surface area contributed by atoms with Crippen molar-refractivity contribution in [2.45, 2.75) is 46.1 Å². The van der Waals surface area contributed by atoms with E-state index in [0.717, 1.165) is 44.9 Å². The SMILES string of the molecule is CCNC(CCCOCCC(C)C)c1ccccc1. The molecule has 0 bridgehead atoms. The molecule has 0 aliphatic rings. The van der Waals surface area contributed by atoms with Gasteiger partial charge in [-0.3, -0.25) is 0 Å². The van der Waals surface area contributed by atoms with Crippen LogP contribution in [0.5, 0.6) is 0 Å². The highest BCUT2D eigenvalue weighted by Crippen LogP contribution is 2.18. The van der Waals surface area contributed by atoms with Crippen LogP contribution < -0.4 is 5.32 Å². The Morgan fingerprint density at radius 3 is 2.42 bits per heavy atom. The van der Waals surface area contributed by atoms with E-state index >= 15 is 0 Å². The lowest BCUT2D eigenvalue weighted by atomic mass is 10.0. The molecule has 0 amide bonds. The fraction of sp³-hybridized carbons (Fsp3) is 0.647. The Kier molecular flexibility index (Phi) is 8.52. The quantitative estimate of drug-likeness (QED) is 0.639. The maximum atomic E-state index is 5.68. The minimum atomic E-state index is 0.458. The third-order valence-corrected chi connectivity index (χ3v) is 3.27. The number of benzene rings is 1. The van der Waals surface area contributed by atoms with Crippen LogP contribution in [0.25, 0.3) is 0 Å². The minimum Gasteiger partial charge on any atom is -0.381 e. The summed E-state index contributed by atoms with van der Waals surface area (Å²) in [7, 11) is 0. The van der Waals surface area contributed by atoms with Gasteiger partial charge in [0.2, 0.25) is 0 Å². The molecule has 19 heavy (non-hydrogen) atoms. The molecule has 1 atom stereocenters. The van der Waals surface area contributed by atoms with Crippen molar-refractivity contribution in [2.75, 3.05) is 19.8 Å². The summed E-state index contributed by atoms with van der Waals surface area (Å²) in [6.07, 6.45) is 3.42. The van der Waals surface area contributed by atoms with Crippen LogP contribution in [0, 0.1) is 5.92 Å². The van der Waals surface area contributed by atoms with E-state index in [0.29, 0.717) is 6.04 Å². The molecule has 1 rings (SSSR count). The van der Waals surface area contributed by atoms with E-state index in [4.69, 9.17) is 4.74 Å². The third kappa shape index (κ3) is 7.34. The number of rotatable bonds is 10. The molecule has 2 heteroatoms. The van der Waals surface area contributed by atoms with Gasteiger partial charge in [0.25, 0.3) is 0 Å². The van der Waals surface area contributed by atoms with Gasteiger partial charge in [-0.2, -0.15) is 0 Å². The lowest BCUT2D eigenvalue weighted by Crippen LogP contribution is -2.21. The van der Waals surface area contributed by atoms with Crippen LogP contribution in [0.3, 0.4) is 0 Å². The van der Waals surface area contributed by atoms with Crippen LogP contribution in [-0.2, 0) is 4.74 Å². The van der Waals surface area contributed by atoms with Crippen LogP contribution in [0.1, 0.15) is 51.6 Å². The van der Waals surface area contributed by atoms with E-state index in [2.05, 4.69) is 56.4 Å². The van der Waals surface area contributed by atoms with Crippen molar-refractivity contribution in [3.63, 3.8) is 0 Å². The molecule has 0 fully saturated rings. The maximum Gasteiger partial charge on any atom is 0.0468 e. The average Bonchev–Trinajstić information content (AvgIpc) is 2.42. The Morgan fingerprint density at radius 2 is 1.79 bits per heavy atom.